The zero-order chi connectivity index (χ0) is 32.6. The fourth-order valence-corrected chi connectivity index (χ4v) is 4.38. The van der Waals surface area contributed by atoms with Crippen molar-refractivity contribution in [2.24, 2.45) is 10.9 Å². The summed E-state index contributed by atoms with van der Waals surface area (Å²) in [5, 5.41) is 7.55. The van der Waals surface area contributed by atoms with E-state index in [1.54, 1.807) is 27.7 Å². The SMILES string of the molecule is CCOC(=O)C(CCc1ccccc1)N[C@@H](CCCCN)C(=O)N1CCC[C@H]1C(=O)OC(=O)OC(C)(C)C.CS(N)(=O)=O. The smallest absolute Gasteiger partial charge is 0.465 e. The number of esters is 2. The molecule has 1 aliphatic heterocycles. The van der Waals surface area contributed by atoms with E-state index in [4.69, 9.17) is 19.9 Å². The molecule has 244 valence electrons. The summed E-state index contributed by atoms with van der Waals surface area (Å²) in [6.45, 7) is 7.78. The maximum absolute atomic E-state index is 13.7. The van der Waals surface area contributed by atoms with Crippen molar-refractivity contribution in [1.29, 1.82) is 0 Å². The van der Waals surface area contributed by atoms with Crippen LogP contribution in [0.2, 0.25) is 0 Å². The Morgan fingerprint density at radius 3 is 2.26 bits per heavy atom. The summed E-state index contributed by atoms with van der Waals surface area (Å²) < 4.78 is 34.1. The summed E-state index contributed by atoms with van der Waals surface area (Å²) >= 11 is 0. The van der Waals surface area contributed by atoms with Crippen molar-refractivity contribution in [2.45, 2.75) is 96.4 Å². The average molecular weight is 629 g/mol. The highest BCUT2D eigenvalue weighted by Crippen LogP contribution is 2.22. The summed E-state index contributed by atoms with van der Waals surface area (Å²) in [5.41, 5.74) is 5.92. The summed E-state index contributed by atoms with van der Waals surface area (Å²) in [6, 6.07) is 7.42. The molecule has 1 fully saturated rings. The van der Waals surface area contributed by atoms with Gasteiger partial charge in [-0.2, -0.15) is 0 Å². The van der Waals surface area contributed by atoms with Crippen LogP contribution in [0.15, 0.2) is 30.3 Å². The van der Waals surface area contributed by atoms with Crippen molar-refractivity contribution in [2.75, 3.05) is 26.0 Å². The van der Waals surface area contributed by atoms with Gasteiger partial charge < -0.3 is 24.8 Å². The molecule has 1 aromatic rings. The number of hydrogen-bond donors (Lipinski definition) is 3. The first-order valence-corrected chi connectivity index (χ1v) is 16.4. The molecule has 5 N–H and O–H groups in total. The second-order valence-electron chi connectivity index (χ2n) is 11.2. The molecule has 0 saturated carbocycles. The van der Waals surface area contributed by atoms with Gasteiger partial charge >= 0.3 is 18.1 Å². The lowest BCUT2D eigenvalue weighted by molar-refractivity contribution is -0.153. The zero-order valence-corrected chi connectivity index (χ0v) is 26.7. The Balaban J connectivity index is 0.00000170. The number of benzene rings is 1. The molecule has 0 bridgehead atoms. The Bertz CT molecular complexity index is 1130. The van der Waals surface area contributed by atoms with Gasteiger partial charge in [-0.1, -0.05) is 36.8 Å². The Hall–Kier alpha value is -3.07. The van der Waals surface area contributed by atoms with Crippen LogP contribution in [0.25, 0.3) is 0 Å². The molecular formula is C29H48N4O9S. The van der Waals surface area contributed by atoms with E-state index in [1.165, 1.54) is 4.90 Å². The highest BCUT2D eigenvalue weighted by Gasteiger charge is 2.40. The number of ether oxygens (including phenoxy) is 3. The van der Waals surface area contributed by atoms with Crippen LogP contribution >= 0.6 is 0 Å². The lowest BCUT2D eigenvalue weighted by atomic mass is 10.0. The molecule has 1 aromatic carbocycles. The highest BCUT2D eigenvalue weighted by molar-refractivity contribution is 7.88. The number of carbonyl (C=O) groups is 4. The molecule has 0 spiro atoms. The minimum absolute atomic E-state index is 0.221. The zero-order valence-electron chi connectivity index (χ0n) is 25.9. The lowest BCUT2D eigenvalue weighted by Crippen LogP contribution is -2.54. The van der Waals surface area contributed by atoms with Crippen LogP contribution < -0.4 is 16.2 Å². The number of sulfonamides is 1. The van der Waals surface area contributed by atoms with E-state index in [0.717, 1.165) is 11.8 Å². The predicted molar refractivity (Wildman–Crippen MR) is 161 cm³/mol. The highest BCUT2D eigenvalue weighted by atomic mass is 32.2. The number of amides is 1. The Labute approximate surface area is 255 Å². The summed E-state index contributed by atoms with van der Waals surface area (Å²) in [7, 11) is -3.17. The summed E-state index contributed by atoms with van der Waals surface area (Å²) in [5.74, 6) is -1.57. The monoisotopic (exact) mass is 628 g/mol. The van der Waals surface area contributed by atoms with E-state index in [2.05, 4.69) is 10.5 Å². The van der Waals surface area contributed by atoms with Gasteiger partial charge in [0.1, 0.15) is 17.7 Å². The van der Waals surface area contributed by atoms with Gasteiger partial charge in [0.25, 0.3) is 0 Å². The van der Waals surface area contributed by atoms with Crippen LogP contribution in [0.4, 0.5) is 4.79 Å². The third-order valence-corrected chi connectivity index (χ3v) is 6.16. The van der Waals surface area contributed by atoms with E-state index in [9.17, 15) is 27.6 Å². The van der Waals surface area contributed by atoms with E-state index in [1.807, 2.05) is 30.3 Å². The first-order valence-electron chi connectivity index (χ1n) is 14.4. The molecule has 13 nitrogen and oxygen atoms in total. The van der Waals surface area contributed by atoms with E-state index < -0.39 is 51.8 Å². The molecule has 1 unspecified atom stereocenters. The molecule has 43 heavy (non-hydrogen) atoms. The van der Waals surface area contributed by atoms with Crippen molar-refractivity contribution >= 4 is 34.0 Å². The molecule has 14 heteroatoms. The molecule has 1 heterocycles. The number of hydrogen-bond acceptors (Lipinski definition) is 11. The first-order chi connectivity index (χ1) is 20.1. The van der Waals surface area contributed by atoms with Crippen molar-refractivity contribution in [3.63, 3.8) is 0 Å². The number of primary sulfonamides is 1. The maximum atomic E-state index is 13.7. The second kappa shape index (κ2) is 18.6. The Morgan fingerprint density at radius 1 is 1.07 bits per heavy atom. The van der Waals surface area contributed by atoms with E-state index in [-0.39, 0.29) is 12.5 Å². The Morgan fingerprint density at radius 2 is 1.70 bits per heavy atom. The predicted octanol–water partition coefficient (Wildman–Crippen LogP) is 2.01. The number of nitrogens with two attached hydrogens (primary N) is 2. The van der Waals surface area contributed by atoms with Crippen LogP contribution in [-0.4, -0.2) is 87.0 Å². The molecule has 1 saturated heterocycles. The molecule has 3 atom stereocenters. The average Bonchev–Trinajstić information content (AvgIpc) is 3.38. The van der Waals surface area contributed by atoms with Crippen LogP contribution in [0.5, 0.6) is 0 Å². The number of likely N-dealkylation sites (tertiary alicyclic amines) is 1. The first kappa shape index (κ1) is 38.0. The molecular weight excluding hydrogens is 580 g/mol. The third kappa shape index (κ3) is 16.4. The van der Waals surface area contributed by atoms with Crippen molar-refractivity contribution in [3.05, 3.63) is 35.9 Å². The van der Waals surface area contributed by atoms with Gasteiger partial charge in [0, 0.05) is 6.54 Å². The number of rotatable bonds is 13. The molecule has 0 radical (unpaired) electrons. The molecule has 1 aliphatic rings. The molecule has 2 rings (SSSR count). The van der Waals surface area contributed by atoms with Gasteiger partial charge in [-0.15, -0.1) is 0 Å². The van der Waals surface area contributed by atoms with Gasteiger partial charge in [0.05, 0.1) is 18.9 Å². The van der Waals surface area contributed by atoms with Gasteiger partial charge in [-0.3, -0.25) is 14.9 Å². The normalized spacial score (nSPS) is 16.3. The largest absolute Gasteiger partial charge is 0.516 e. The number of nitrogens with one attached hydrogen (secondary N) is 1. The topological polar surface area (TPSA) is 197 Å². The number of aryl methyl sites for hydroxylation is 1. The molecule has 0 aromatic heterocycles. The van der Waals surface area contributed by atoms with Gasteiger partial charge in [0.2, 0.25) is 15.9 Å². The maximum Gasteiger partial charge on any atom is 0.516 e. The lowest BCUT2D eigenvalue weighted by Gasteiger charge is -2.30. The van der Waals surface area contributed by atoms with Gasteiger partial charge in [0.15, 0.2) is 0 Å². The standard InChI is InChI=1S/C28H43N3O7.CH5NO2S/c1-5-36-25(33)22(17-16-20-12-7-6-8-13-20)30-21(14-9-10-18-29)24(32)31-19-11-15-23(31)26(34)37-27(35)38-28(2,3)4;1-5(2,3)4/h6-8,12-13,21-23,30H,5,9-11,14-19,29H2,1-4H3;1H3,(H2,2,3,4)/t21-,22?,23-;/m0./s1. The van der Waals surface area contributed by atoms with Gasteiger partial charge in [-0.05, 0) is 78.3 Å². The number of unbranched alkanes of at least 4 members (excludes halogenated alkanes) is 1. The van der Waals surface area contributed by atoms with Crippen molar-refractivity contribution in [1.82, 2.24) is 10.2 Å². The van der Waals surface area contributed by atoms with E-state index >= 15 is 0 Å². The van der Waals surface area contributed by atoms with Crippen LogP contribution in [0.3, 0.4) is 0 Å². The molecule has 1 amide bonds. The summed E-state index contributed by atoms with van der Waals surface area (Å²) in [6.07, 6.45) is 3.67. The minimum Gasteiger partial charge on any atom is -0.465 e. The summed E-state index contributed by atoms with van der Waals surface area (Å²) in [4.78, 5) is 52.8. The van der Waals surface area contributed by atoms with Crippen LogP contribution in [0.1, 0.15) is 71.8 Å². The third-order valence-electron chi connectivity index (χ3n) is 6.16. The molecule has 0 aliphatic carbocycles. The number of carbonyl (C=O) groups excluding carboxylic acids is 4. The fraction of sp³-hybridized carbons (Fsp3) is 0.655. The minimum atomic E-state index is -3.17. The Kier molecular flexibility index (Phi) is 16.4. The van der Waals surface area contributed by atoms with Crippen LogP contribution in [0, 0.1) is 0 Å². The fourth-order valence-electron chi connectivity index (χ4n) is 4.38. The second-order valence-corrected chi connectivity index (χ2v) is 12.9. The quantitative estimate of drug-likeness (QED) is 0.164. The van der Waals surface area contributed by atoms with E-state index in [0.29, 0.717) is 58.0 Å². The number of nitrogens with zero attached hydrogens (tertiary/aromatic N) is 1. The van der Waals surface area contributed by atoms with Crippen molar-refractivity contribution < 1.29 is 41.8 Å². The van der Waals surface area contributed by atoms with Gasteiger partial charge in [-0.25, -0.2) is 23.1 Å². The van der Waals surface area contributed by atoms with Crippen LogP contribution in [-0.2, 0) is 45.0 Å². The van der Waals surface area contributed by atoms with Crippen molar-refractivity contribution in [3.8, 4) is 0 Å².